The smallest absolute Gasteiger partial charge is 0.0961 e. The van der Waals surface area contributed by atoms with E-state index in [-0.39, 0.29) is 0 Å². The highest BCUT2D eigenvalue weighted by atomic mass is 79.9. The van der Waals surface area contributed by atoms with Crippen molar-refractivity contribution in [3.8, 4) is 0 Å². The zero-order chi connectivity index (χ0) is 11.9. The molecule has 0 amide bonds. The standard InChI is InChI=1S/C12H13BrN2OS/c13-11-1-2-12(15-8-11)17-6-4-14-7-10-3-5-16-9-10/h1-3,5,8-9,14H,4,6-7H2. The van der Waals surface area contributed by atoms with Gasteiger partial charge in [0.05, 0.1) is 17.6 Å². The summed E-state index contributed by atoms with van der Waals surface area (Å²) in [5.41, 5.74) is 1.18. The number of aromatic nitrogens is 1. The monoisotopic (exact) mass is 312 g/mol. The Balaban J connectivity index is 1.61. The molecule has 2 rings (SSSR count). The molecule has 2 heterocycles. The Morgan fingerprint density at radius 1 is 1.35 bits per heavy atom. The number of rotatable bonds is 6. The van der Waals surface area contributed by atoms with Gasteiger partial charge < -0.3 is 9.73 Å². The number of thioether (sulfide) groups is 1. The van der Waals surface area contributed by atoms with Crippen LogP contribution < -0.4 is 5.32 Å². The van der Waals surface area contributed by atoms with Gasteiger partial charge in [-0.3, -0.25) is 0 Å². The van der Waals surface area contributed by atoms with Crippen molar-refractivity contribution in [1.29, 1.82) is 0 Å². The lowest BCUT2D eigenvalue weighted by Crippen LogP contribution is -2.16. The fourth-order valence-electron chi connectivity index (χ4n) is 1.30. The van der Waals surface area contributed by atoms with Crippen LogP contribution in [-0.4, -0.2) is 17.3 Å². The Morgan fingerprint density at radius 2 is 2.29 bits per heavy atom. The molecule has 0 fully saturated rings. The van der Waals surface area contributed by atoms with E-state index in [1.54, 1.807) is 24.3 Å². The van der Waals surface area contributed by atoms with Gasteiger partial charge in [-0.05, 0) is 34.1 Å². The van der Waals surface area contributed by atoms with Gasteiger partial charge in [0.25, 0.3) is 0 Å². The van der Waals surface area contributed by atoms with Crippen LogP contribution in [0, 0.1) is 0 Å². The Hall–Kier alpha value is -0.780. The van der Waals surface area contributed by atoms with Crippen molar-refractivity contribution < 1.29 is 4.42 Å². The predicted molar refractivity (Wildman–Crippen MR) is 73.1 cm³/mol. The number of halogens is 1. The average Bonchev–Trinajstić information content (AvgIpc) is 2.84. The fourth-order valence-corrected chi connectivity index (χ4v) is 2.28. The van der Waals surface area contributed by atoms with E-state index in [0.717, 1.165) is 28.3 Å². The predicted octanol–water partition coefficient (Wildman–Crippen LogP) is 3.32. The lowest BCUT2D eigenvalue weighted by molar-refractivity contribution is 0.561. The van der Waals surface area contributed by atoms with Gasteiger partial charge in [0, 0.05) is 35.1 Å². The van der Waals surface area contributed by atoms with Crippen molar-refractivity contribution in [2.24, 2.45) is 0 Å². The topological polar surface area (TPSA) is 38.1 Å². The van der Waals surface area contributed by atoms with E-state index >= 15 is 0 Å². The van der Waals surface area contributed by atoms with Crippen molar-refractivity contribution in [2.45, 2.75) is 11.6 Å². The van der Waals surface area contributed by atoms with Crippen molar-refractivity contribution in [2.75, 3.05) is 12.3 Å². The van der Waals surface area contributed by atoms with Gasteiger partial charge in [0.2, 0.25) is 0 Å². The van der Waals surface area contributed by atoms with Crippen LogP contribution in [0.5, 0.6) is 0 Å². The molecule has 0 aliphatic carbocycles. The molecule has 5 heteroatoms. The molecule has 0 aliphatic heterocycles. The Kier molecular flexibility index (Phi) is 5.09. The first-order valence-corrected chi connectivity index (χ1v) is 7.08. The van der Waals surface area contributed by atoms with E-state index in [1.165, 1.54) is 5.56 Å². The fraction of sp³-hybridized carbons (Fsp3) is 0.250. The van der Waals surface area contributed by atoms with Gasteiger partial charge in [-0.1, -0.05) is 0 Å². The zero-order valence-electron chi connectivity index (χ0n) is 9.23. The summed E-state index contributed by atoms with van der Waals surface area (Å²) in [5.74, 6) is 1.01. The molecule has 3 nitrogen and oxygen atoms in total. The number of nitrogens with one attached hydrogen (secondary N) is 1. The van der Waals surface area contributed by atoms with Crippen LogP contribution in [-0.2, 0) is 6.54 Å². The normalized spacial score (nSPS) is 10.6. The first-order chi connectivity index (χ1) is 8.34. The second kappa shape index (κ2) is 6.83. The van der Waals surface area contributed by atoms with Crippen molar-refractivity contribution >= 4 is 27.7 Å². The van der Waals surface area contributed by atoms with E-state index in [0.29, 0.717) is 0 Å². The first kappa shape index (κ1) is 12.7. The SMILES string of the molecule is Brc1ccc(SCCNCc2ccoc2)nc1. The molecular formula is C12H13BrN2OS. The lowest BCUT2D eigenvalue weighted by Gasteiger charge is -2.02. The Labute approximate surface area is 113 Å². The molecule has 0 unspecified atom stereocenters. The van der Waals surface area contributed by atoms with Gasteiger partial charge in [0.15, 0.2) is 0 Å². The third-order valence-electron chi connectivity index (χ3n) is 2.14. The van der Waals surface area contributed by atoms with Crippen LogP contribution in [0.4, 0.5) is 0 Å². The summed E-state index contributed by atoms with van der Waals surface area (Å²) in [4.78, 5) is 4.30. The highest BCUT2D eigenvalue weighted by Crippen LogP contribution is 2.16. The third-order valence-corrected chi connectivity index (χ3v) is 3.55. The summed E-state index contributed by atoms with van der Waals surface area (Å²) in [7, 11) is 0. The van der Waals surface area contributed by atoms with Gasteiger partial charge >= 0.3 is 0 Å². The number of nitrogens with zero attached hydrogens (tertiary/aromatic N) is 1. The minimum atomic E-state index is 0.852. The third kappa shape index (κ3) is 4.53. The maximum Gasteiger partial charge on any atom is 0.0961 e. The minimum absolute atomic E-state index is 0.852. The summed E-state index contributed by atoms with van der Waals surface area (Å²) in [6.45, 7) is 1.80. The van der Waals surface area contributed by atoms with E-state index < -0.39 is 0 Å². The molecule has 0 saturated carbocycles. The van der Waals surface area contributed by atoms with Crippen molar-refractivity contribution in [1.82, 2.24) is 10.3 Å². The van der Waals surface area contributed by atoms with E-state index in [1.807, 2.05) is 24.4 Å². The zero-order valence-corrected chi connectivity index (χ0v) is 11.6. The lowest BCUT2D eigenvalue weighted by atomic mass is 10.3. The molecule has 2 aromatic rings. The van der Waals surface area contributed by atoms with Crippen LogP contribution in [0.15, 0.2) is 50.8 Å². The maximum atomic E-state index is 4.99. The van der Waals surface area contributed by atoms with Gasteiger partial charge in [0.1, 0.15) is 0 Å². The highest BCUT2D eigenvalue weighted by molar-refractivity contribution is 9.10. The number of hydrogen-bond acceptors (Lipinski definition) is 4. The molecule has 0 atom stereocenters. The summed E-state index contributed by atoms with van der Waals surface area (Å²) in [6, 6.07) is 6.00. The van der Waals surface area contributed by atoms with Gasteiger partial charge in [-0.2, -0.15) is 0 Å². The molecule has 0 aliphatic rings. The first-order valence-electron chi connectivity index (χ1n) is 5.31. The molecule has 0 aromatic carbocycles. The summed E-state index contributed by atoms with van der Waals surface area (Å²) in [5, 5.41) is 4.41. The van der Waals surface area contributed by atoms with Crippen LogP contribution in [0.2, 0.25) is 0 Å². The van der Waals surface area contributed by atoms with E-state index in [9.17, 15) is 0 Å². The molecular weight excluding hydrogens is 300 g/mol. The second-order valence-corrected chi connectivity index (χ2v) is 5.50. The largest absolute Gasteiger partial charge is 0.472 e. The van der Waals surface area contributed by atoms with Crippen LogP contribution in [0.25, 0.3) is 0 Å². The number of furan rings is 1. The summed E-state index contributed by atoms with van der Waals surface area (Å²) >= 11 is 5.12. The second-order valence-electron chi connectivity index (χ2n) is 3.47. The number of pyridine rings is 1. The van der Waals surface area contributed by atoms with Crippen molar-refractivity contribution in [3.05, 3.63) is 47.0 Å². The Bertz CT molecular complexity index is 430. The Morgan fingerprint density at radius 3 is 3.00 bits per heavy atom. The molecule has 90 valence electrons. The van der Waals surface area contributed by atoms with E-state index in [2.05, 4.69) is 26.2 Å². The maximum absolute atomic E-state index is 4.99. The molecule has 1 N–H and O–H groups in total. The molecule has 0 spiro atoms. The van der Waals surface area contributed by atoms with Gasteiger partial charge in [-0.15, -0.1) is 11.8 Å². The van der Waals surface area contributed by atoms with Gasteiger partial charge in [-0.25, -0.2) is 4.98 Å². The van der Waals surface area contributed by atoms with Crippen LogP contribution in [0.1, 0.15) is 5.56 Å². The summed E-state index contributed by atoms with van der Waals surface area (Å²) in [6.07, 6.45) is 5.27. The quantitative estimate of drug-likeness (QED) is 0.656. The molecule has 0 saturated heterocycles. The van der Waals surface area contributed by atoms with Crippen LogP contribution >= 0.6 is 27.7 Å². The molecule has 2 aromatic heterocycles. The van der Waals surface area contributed by atoms with Crippen LogP contribution in [0.3, 0.4) is 0 Å². The van der Waals surface area contributed by atoms with E-state index in [4.69, 9.17) is 4.42 Å². The average molecular weight is 313 g/mol. The minimum Gasteiger partial charge on any atom is -0.472 e. The van der Waals surface area contributed by atoms with Crippen molar-refractivity contribution in [3.63, 3.8) is 0 Å². The number of hydrogen-bond donors (Lipinski definition) is 1. The summed E-state index contributed by atoms with van der Waals surface area (Å²) < 4.78 is 6.01. The molecule has 0 bridgehead atoms. The highest BCUT2D eigenvalue weighted by Gasteiger charge is 1.96. The molecule has 0 radical (unpaired) electrons. The molecule has 17 heavy (non-hydrogen) atoms.